The summed E-state index contributed by atoms with van der Waals surface area (Å²) in [6.07, 6.45) is 4.17. The Hall–Kier alpha value is -1.71. The lowest BCUT2D eigenvalue weighted by atomic mass is 10.7. The summed E-state index contributed by atoms with van der Waals surface area (Å²) in [7, 11) is 3.32. The Kier molecular flexibility index (Phi) is 6.80. The average molecular weight is 228 g/mol. The third-order valence-corrected chi connectivity index (χ3v) is 1.34. The second kappa shape index (κ2) is 7.67. The maximum absolute atomic E-state index is 10.4. The van der Waals surface area contributed by atoms with Crippen LogP contribution in [0.2, 0.25) is 0 Å². The summed E-state index contributed by atoms with van der Waals surface area (Å²) < 4.78 is 0. The smallest absolute Gasteiger partial charge is 0.245 e. The lowest BCUT2D eigenvalue weighted by molar-refractivity contribution is -0.130. The molecule has 0 aromatic heterocycles. The number of carbonyl (C=O) groups is 1. The third-order valence-electron chi connectivity index (χ3n) is 1.14. The van der Waals surface area contributed by atoms with E-state index in [0.717, 1.165) is 11.2 Å². The van der Waals surface area contributed by atoms with E-state index >= 15 is 0 Å². The van der Waals surface area contributed by atoms with Crippen molar-refractivity contribution in [3.63, 3.8) is 0 Å². The first-order valence-electron chi connectivity index (χ1n) is 3.85. The normalized spacial score (nSPS) is 12.3. The molecule has 0 N–H and O–H groups in total. The van der Waals surface area contributed by atoms with Gasteiger partial charge in [-0.3, -0.25) is 4.79 Å². The Balaban J connectivity index is 4.26. The molecular weight excluding hydrogens is 218 g/mol. The van der Waals surface area contributed by atoms with Gasteiger partial charge >= 0.3 is 0 Å². The van der Waals surface area contributed by atoms with Crippen LogP contribution in [-0.4, -0.2) is 43.1 Å². The van der Waals surface area contributed by atoms with Crippen LogP contribution < -0.4 is 0 Å². The second-order valence-corrected chi connectivity index (χ2v) is 2.80. The molecule has 80 valence electrons. The molecule has 0 spiro atoms. The third kappa shape index (κ3) is 6.37. The van der Waals surface area contributed by atoms with Gasteiger partial charge in [-0.15, -0.1) is 0 Å². The second-order valence-electron chi connectivity index (χ2n) is 2.41. The number of nitrogens with zero attached hydrogens (tertiary/aromatic N) is 5. The first-order valence-corrected chi connectivity index (χ1v) is 4.23. The molecule has 1 amide bonds. The van der Waals surface area contributed by atoms with Gasteiger partial charge in [0.15, 0.2) is 0 Å². The number of nitriles is 1. The van der Waals surface area contributed by atoms with Crippen molar-refractivity contribution >= 4 is 30.4 Å². The molecule has 0 atom stereocenters. The van der Waals surface area contributed by atoms with E-state index in [1.165, 1.54) is 17.4 Å². The van der Waals surface area contributed by atoms with Gasteiger partial charge in [0.1, 0.15) is 5.16 Å². The number of amides is 1. The maximum atomic E-state index is 10.4. The minimum absolute atomic E-state index is 0.0476. The molecule has 0 saturated carbocycles. The molecule has 7 heteroatoms. The molecule has 0 aliphatic rings. The molecule has 0 aliphatic heterocycles. The summed E-state index contributed by atoms with van der Waals surface area (Å²) in [6.45, 7) is 0. The summed E-state index contributed by atoms with van der Waals surface area (Å²) in [5.74, 6) is 0. The molecule has 0 unspecified atom stereocenters. The van der Waals surface area contributed by atoms with Gasteiger partial charge in [-0.1, -0.05) is 11.6 Å². The van der Waals surface area contributed by atoms with Crippen LogP contribution in [-0.2, 0) is 4.79 Å². The van der Waals surface area contributed by atoms with Gasteiger partial charge in [-0.25, -0.2) is 10.0 Å². The molecule has 0 radical (unpaired) electrons. The molecular formula is C8H10ClN5O. The molecule has 0 heterocycles. The van der Waals surface area contributed by atoms with Gasteiger partial charge in [0.05, 0.1) is 18.4 Å². The Morgan fingerprint density at radius 3 is 2.60 bits per heavy atom. The number of allylic oxidation sites excluding steroid dienone is 1. The van der Waals surface area contributed by atoms with Crippen molar-refractivity contribution in [1.29, 1.82) is 5.26 Å². The van der Waals surface area contributed by atoms with Crippen LogP contribution >= 0.6 is 11.6 Å². The van der Waals surface area contributed by atoms with E-state index in [4.69, 9.17) is 16.9 Å². The first kappa shape index (κ1) is 13.3. The molecule has 15 heavy (non-hydrogen) atoms. The van der Waals surface area contributed by atoms with Gasteiger partial charge < -0.3 is 0 Å². The minimum Gasteiger partial charge on any atom is -0.275 e. The molecule has 0 aromatic rings. The van der Waals surface area contributed by atoms with Crippen molar-refractivity contribution < 1.29 is 4.79 Å². The molecule has 0 aliphatic carbocycles. The quantitative estimate of drug-likeness (QED) is 0.227. The van der Waals surface area contributed by atoms with Crippen LogP contribution in [0.5, 0.6) is 0 Å². The maximum Gasteiger partial charge on any atom is 0.245 e. The van der Waals surface area contributed by atoms with Gasteiger partial charge in [-0.05, 0) is 0 Å². The van der Waals surface area contributed by atoms with Crippen molar-refractivity contribution in [2.75, 3.05) is 14.1 Å². The highest BCUT2D eigenvalue weighted by molar-refractivity contribution is 6.31. The summed E-state index contributed by atoms with van der Waals surface area (Å²) in [6, 6.07) is 1.72. The average Bonchev–Trinajstić information content (AvgIpc) is 2.17. The fourth-order valence-corrected chi connectivity index (χ4v) is 0.623. The molecule has 6 nitrogen and oxygen atoms in total. The lowest BCUT2D eigenvalue weighted by Crippen LogP contribution is -2.31. The molecule has 0 bridgehead atoms. The van der Waals surface area contributed by atoms with Crippen LogP contribution in [0.3, 0.4) is 0 Å². The zero-order valence-electron chi connectivity index (χ0n) is 8.33. The fourth-order valence-electron chi connectivity index (χ4n) is 0.518. The molecule has 0 fully saturated rings. The van der Waals surface area contributed by atoms with E-state index in [1.54, 1.807) is 20.2 Å². The Bertz CT molecular complexity index is 328. The standard InChI is InChI=1S/C8H10ClN5O/c1-13(2)14(7-15)12-6-5-11-8(9)3-4-10/h3,5-7H,1-2H3. The summed E-state index contributed by atoms with van der Waals surface area (Å²) in [5.41, 5.74) is 0. The number of hydrogen-bond donors (Lipinski definition) is 0. The molecule has 0 saturated heterocycles. The van der Waals surface area contributed by atoms with E-state index in [0.29, 0.717) is 6.41 Å². The highest BCUT2D eigenvalue weighted by Crippen LogP contribution is 1.99. The van der Waals surface area contributed by atoms with Gasteiger partial charge in [-0.2, -0.15) is 15.5 Å². The topological polar surface area (TPSA) is 72.1 Å². The Labute approximate surface area is 92.7 Å². The fraction of sp³-hybridized carbons (Fsp3) is 0.250. The zero-order valence-corrected chi connectivity index (χ0v) is 9.09. The summed E-state index contributed by atoms with van der Waals surface area (Å²) >= 11 is 5.48. The first-order chi connectivity index (χ1) is 7.11. The van der Waals surface area contributed by atoms with E-state index in [1.807, 2.05) is 0 Å². The van der Waals surface area contributed by atoms with Crippen molar-refractivity contribution in [2.45, 2.75) is 0 Å². The zero-order chi connectivity index (χ0) is 11.7. The Morgan fingerprint density at radius 2 is 2.13 bits per heavy atom. The van der Waals surface area contributed by atoms with Crippen molar-refractivity contribution in [3.05, 3.63) is 11.2 Å². The monoisotopic (exact) mass is 227 g/mol. The number of aliphatic imine (C=N–C) groups is 1. The number of hydrazone groups is 1. The van der Waals surface area contributed by atoms with Gasteiger partial charge in [0.2, 0.25) is 6.41 Å². The number of hydrazine groups is 1. The van der Waals surface area contributed by atoms with E-state index < -0.39 is 0 Å². The van der Waals surface area contributed by atoms with Crippen LogP contribution in [0.15, 0.2) is 21.3 Å². The largest absolute Gasteiger partial charge is 0.275 e. The van der Waals surface area contributed by atoms with Crippen molar-refractivity contribution in [3.8, 4) is 6.07 Å². The lowest BCUT2D eigenvalue weighted by Gasteiger charge is -2.17. The van der Waals surface area contributed by atoms with E-state index in [2.05, 4.69) is 10.1 Å². The van der Waals surface area contributed by atoms with E-state index in [-0.39, 0.29) is 5.16 Å². The van der Waals surface area contributed by atoms with Gasteiger partial charge in [0.25, 0.3) is 0 Å². The Morgan fingerprint density at radius 1 is 1.47 bits per heavy atom. The van der Waals surface area contributed by atoms with E-state index in [9.17, 15) is 4.79 Å². The highest BCUT2D eigenvalue weighted by Gasteiger charge is 1.97. The molecule has 0 aromatic carbocycles. The van der Waals surface area contributed by atoms with Crippen LogP contribution in [0.25, 0.3) is 0 Å². The van der Waals surface area contributed by atoms with Gasteiger partial charge in [0, 0.05) is 20.3 Å². The van der Waals surface area contributed by atoms with Crippen LogP contribution in [0, 0.1) is 11.3 Å². The number of carbonyl (C=O) groups excluding carboxylic acids is 1. The number of hydrogen-bond acceptors (Lipinski definition) is 5. The minimum atomic E-state index is 0.0476. The predicted octanol–water partition coefficient (Wildman–Crippen LogP) is 0.582. The highest BCUT2D eigenvalue weighted by atomic mass is 35.5. The molecule has 0 rings (SSSR count). The van der Waals surface area contributed by atoms with Crippen LogP contribution in [0.4, 0.5) is 0 Å². The number of rotatable bonds is 5. The summed E-state index contributed by atoms with van der Waals surface area (Å²) in [4.78, 5) is 14.1. The summed E-state index contributed by atoms with van der Waals surface area (Å²) in [5, 5.41) is 14.5. The predicted molar refractivity (Wildman–Crippen MR) is 58.1 cm³/mol. The van der Waals surface area contributed by atoms with Crippen molar-refractivity contribution in [2.24, 2.45) is 10.1 Å². The van der Waals surface area contributed by atoms with Crippen LogP contribution in [0.1, 0.15) is 0 Å². The number of halogens is 1. The van der Waals surface area contributed by atoms with Crippen molar-refractivity contribution in [1.82, 2.24) is 10.1 Å². The SMILES string of the molecule is CN(C)N(C=O)N=CC=NC(Cl)=CC#N.